The van der Waals surface area contributed by atoms with Gasteiger partial charge < -0.3 is 25.4 Å². The molecule has 3 amide bonds. The molecule has 0 aliphatic rings. The summed E-state index contributed by atoms with van der Waals surface area (Å²) in [4.78, 5) is 42.1. The van der Waals surface area contributed by atoms with Gasteiger partial charge in [-0.3, -0.25) is 9.59 Å². The van der Waals surface area contributed by atoms with Gasteiger partial charge in [0.2, 0.25) is 5.91 Å². The molecule has 0 saturated carbocycles. The first kappa shape index (κ1) is 31.4. The summed E-state index contributed by atoms with van der Waals surface area (Å²) in [6.07, 6.45) is 5.18. The van der Waals surface area contributed by atoms with E-state index in [1.807, 2.05) is 52.8 Å². The number of amides is 3. The number of alkyl carbamates (subject to hydrolysis) is 1. The zero-order valence-electron chi connectivity index (χ0n) is 24.2. The second-order valence-corrected chi connectivity index (χ2v) is 11.2. The van der Waals surface area contributed by atoms with Gasteiger partial charge in [0.25, 0.3) is 5.91 Å². The first-order valence-corrected chi connectivity index (χ1v) is 13.0. The molecule has 0 heterocycles. The molecule has 2 aromatic rings. The molecule has 39 heavy (non-hydrogen) atoms. The number of para-hydroxylation sites is 1. The minimum atomic E-state index is -1.34. The standard InChI is InChI=1S/C31H41N3O5/c1-10-22-15-17-23(18-16-22)26(27(36)33-25-20(3)13-12-14-21(25)4)34(31(8,9)11-2)28(37)24(19-35)32-29(38)39-30(5,6)7/h1,12-18,24,26,35H,11,19H2,2-9H3,(H,32,38)(H,33,36). The maximum Gasteiger partial charge on any atom is 0.408 e. The van der Waals surface area contributed by atoms with E-state index in [0.29, 0.717) is 23.2 Å². The lowest BCUT2D eigenvalue weighted by molar-refractivity contribution is -0.148. The van der Waals surface area contributed by atoms with Crippen molar-refractivity contribution in [3.8, 4) is 12.3 Å². The maximum atomic E-state index is 14.1. The zero-order valence-corrected chi connectivity index (χ0v) is 24.2. The molecule has 2 atom stereocenters. The minimum absolute atomic E-state index is 0.440. The highest BCUT2D eigenvalue weighted by Gasteiger charge is 2.43. The van der Waals surface area contributed by atoms with Crippen LogP contribution in [0.3, 0.4) is 0 Å². The molecule has 0 aliphatic carbocycles. The third kappa shape index (κ3) is 8.08. The van der Waals surface area contributed by atoms with E-state index in [0.717, 1.165) is 11.1 Å². The number of nitrogens with one attached hydrogen (secondary N) is 2. The van der Waals surface area contributed by atoms with Gasteiger partial charge in [-0.15, -0.1) is 6.42 Å². The summed E-state index contributed by atoms with van der Waals surface area (Å²) in [6.45, 7) is 13.8. The van der Waals surface area contributed by atoms with Crippen LogP contribution in [0.4, 0.5) is 10.5 Å². The number of nitrogens with zero attached hydrogens (tertiary/aromatic N) is 1. The van der Waals surface area contributed by atoms with Gasteiger partial charge in [0.1, 0.15) is 17.7 Å². The Morgan fingerprint density at radius 2 is 1.59 bits per heavy atom. The van der Waals surface area contributed by atoms with Crippen molar-refractivity contribution in [2.45, 2.75) is 85.0 Å². The lowest BCUT2D eigenvalue weighted by atomic mass is 9.91. The maximum absolute atomic E-state index is 14.1. The van der Waals surface area contributed by atoms with E-state index in [2.05, 4.69) is 16.6 Å². The van der Waals surface area contributed by atoms with Crippen molar-refractivity contribution in [3.05, 3.63) is 64.7 Å². The third-order valence-corrected chi connectivity index (χ3v) is 6.56. The van der Waals surface area contributed by atoms with Crippen LogP contribution in [0.25, 0.3) is 0 Å². The average Bonchev–Trinajstić information content (AvgIpc) is 2.86. The molecule has 0 fully saturated rings. The number of aliphatic hydroxyl groups is 1. The van der Waals surface area contributed by atoms with Crippen molar-refractivity contribution in [1.29, 1.82) is 0 Å². The molecule has 8 heteroatoms. The lowest BCUT2D eigenvalue weighted by Crippen LogP contribution is -2.59. The van der Waals surface area contributed by atoms with E-state index in [9.17, 15) is 19.5 Å². The second kappa shape index (κ2) is 12.8. The number of ether oxygens (including phenoxy) is 1. The largest absolute Gasteiger partial charge is 0.444 e. The van der Waals surface area contributed by atoms with Crippen molar-refractivity contribution >= 4 is 23.6 Å². The molecule has 8 nitrogen and oxygen atoms in total. The second-order valence-electron chi connectivity index (χ2n) is 11.2. The molecule has 0 bridgehead atoms. The zero-order chi connectivity index (χ0) is 29.5. The van der Waals surface area contributed by atoms with Gasteiger partial charge in [-0.1, -0.05) is 43.2 Å². The molecular formula is C31H41N3O5. The average molecular weight is 536 g/mol. The Kier molecular flexibility index (Phi) is 10.3. The Bertz CT molecular complexity index is 1200. The number of anilines is 1. The number of benzene rings is 2. The van der Waals surface area contributed by atoms with Crippen LogP contribution in [-0.2, 0) is 14.3 Å². The number of terminal acetylenes is 1. The van der Waals surface area contributed by atoms with Crippen molar-refractivity contribution in [2.75, 3.05) is 11.9 Å². The van der Waals surface area contributed by atoms with Crippen molar-refractivity contribution < 1.29 is 24.2 Å². The van der Waals surface area contributed by atoms with Gasteiger partial charge >= 0.3 is 6.09 Å². The Morgan fingerprint density at radius 1 is 1.03 bits per heavy atom. The molecule has 0 saturated heterocycles. The van der Waals surface area contributed by atoms with Crippen LogP contribution in [0, 0.1) is 26.2 Å². The molecule has 2 unspecified atom stereocenters. The van der Waals surface area contributed by atoms with Crippen molar-refractivity contribution in [3.63, 3.8) is 0 Å². The molecule has 0 radical (unpaired) electrons. The Balaban J connectivity index is 2.64. The van der Waals surface area contributed by atoms with Gasteiger partial charge in [0.15, 0.2) is 0 Å². The Morgan fingerprint density at radius 3 is 2.05 bits per heavy atom. The summed E-state index contributed by atoms with van der Waals surface area (Å²) in [5, 5.41) is 15.6. The number of aryl methyl sites for hydroxylation is 2. The van der Waals surface area contributed by atoms with Crippen LogP contribution in [0.5, 0.6) is 0 Å². The number of carbonyl (C=O) groups is 3. The van der Waals surface area contributed by atoms with Gasteiger partial charge in [-0.05, 0) is 83.7 Å². The topological polar surface area (TPSA) is 108 Å². The van der Waals surface area contributed by atoms with Crippen molar-refractivity contribution in [1.82, 2.24) is 10.2 Å². The molecule has 2 rings (SSSR count). The fourth-order valence-corrected chi connectivity index (χ4v) is 4.13. The van der Waals surface area contributed by atoms with Crippen molar-refractivity contribution in [2.24, 2.45) is 0 Å². The van der Waals surface area contributed by atoms with Crippen LogP contribution in [0.15, 0.2) is 42.5 Å². The molecule has 0 spiro atoms. The molecule has 0 aromatic heterocycles. The summed E-state index contributed by atoms with van der Waals surface area (Å²) in [7, 11) is 0. The highest BCUT2D eigenvalue weighted by Crippen LogP contribution is 2.34. The minimum Gasteiger partial charge on any atom is -0.444 e. The Labute approximate surface area is 232 Å². The quantitative estimate of drug-likeness (QED) is 0.397. The molecule has 210 valence electrons. The Hall–Kier alpha value is -3.83. The van der Waals surface area contributed by atoms with E-state index >= 15 is 0 Å². The van der Waals surface area contributed by atoms with Crippen LogP contribution in [0.2, 0.25) is 0 Å². The summed E-state index contributed by atoms with van der Waals surface area (Å²) in [5.74, 6) is 1.50. The number of rotatable bonds is 9. The van der Waals surface area contributed by atoms with E-state index in [1.165, 1.54) is 4.90 Å². The predicted molar refractivity (Wildman–Crippen MR) is 153 cm³/mol. The van der Waals surface area contributed by atoms with E-state index < -0.39 is 47.7 Å². The molecular weight excluding hydrogens is 494 g/mol. The van der Waals surface area contributed by atoms with Crippen LogP contribution < -0.4 is 10.6 Å². The summed E-state index contributed by atoms with van der Waals surface area (Å²) >= 11 is 0. The monoisotopic (exact) mass is 535 g/mol. The SMILES string of the molecule is C#Cc1ccc(C(C(=O)Nc2c(C)cccc2C)N(C(=O)C(CO)NC(=O)OC(C)(C)C)C(C)(C)CC)cc1. The van der Waals surface area contributed by atoms with Gasteiger partial charge in [0.05, 0.1) is 6.61 Å². The lowest BCUT2D eigenvalue weighted by Gasteiger charge is -2.44. The highest BCUT2D eigenvalue weighted by atomic mass is 16.6. The normalized spacial score (nSPS) is 13.0. The first-order chi connectivity index (χ1) is 18.1. The summed E-state index contributed by atoms with van der Waals surface area (Å²) < 4.78 is 5.31. The van der Waals surface area contributed by atoms with Crippen LogP contribution in [-0.4, -0.2) is 51.7 Å². The van der Waals surface area contributed by atoms with E-state index in [-0.39, 0.29) is 0 Å². The molecule has 2 aromatic carbocycles. The van der Waals surface area contributed by atoms with Gasteiger partial charge in [-0.25, -0.2) is 4.79 Å². The number of aliphatic hydroxyl groups excluding tert-OH is 1. The van der Waals surface area contributed by atoms with Gasteiger partial charge in [-0.2, -0.15) is 0 Å². The smallest absolute Gasteiger partial charge is 0.408 e. The molecule has 0 aliphatic heterocycles. The third-order valence-electron chi connectivity index (χ3n) is 6.56. The summed E-state index contributed by atoms with van der Waals surface area (Å²) in [6, 6.07) is 10.1. The fraction of sp³-hybridized carbons (Fsp3) is 0.452. The number of hydrogen-bond donors (Lipinski definition) is 3. The van der Waals surface area contributed by atoms with E-state index in [1.54, 1.807) is 45.0 Å². The fourth-order valence-electron chi connectivity index (χ4n) is 4.13. The highest BCUT2D eigenvalue weighted by molar-refractivity contribution is 6.00. The molecule has 3 N–H and O–H groups in total. The summed E-state index contributed by atoms with van der Waals surface area (Å²) in [5.41, 5.74) is 1.90. The number of carbonyl (C=O) groups excluding carboxylic acids is 3. The number of hydrogen-bond acceptors (Lipinski definition) is 5. The van der Waals surface area contributed by atoms with E-state index in [4.69, 9.17) is 11.2 Å². The van der Waals surface area contributed by atoms with Crippen LogP contribution in [0.1, 0.15) is 76.3 Å². The van der Waals surface area contributed by atoms with Crippen LogP contribution >= 0.6 is 0 Å². The predicted octanol–water partition coefficient (Wildman–Crippen LogP) is 4.87. The first-order valence-electron chi connectivity index (χ1n) is 13.0. The van der Waals surface area contributed by atoms with Gasteiger partial charge in [0, 0.05) is 16.8 Å².